The van der Waals surface area contributed by atoms with Gasteiger partial charge in [-0.1, -0.05) is 6.07 Å². The number of hydrogen-bond acceptors (Lipinski definition) is 7. The van der Waals surface area contributed by atoms with Gasteiger partial charge in [0.1, 0.15) is 17.3 Å². The molecule has 0 spiro atoms. The summed E-state index contributed by atoms with van der Waals surface area (Å²) in [5.74, 6) is 1.61. The van der Waals surface area contributed by atoms with Crippen LogP contribution in [-0.2, 0) is 11.3 Å². The van der Waals surface area contributed by atoms with Gasteiger partial charge in [-0.25, -0.2) is 9.97 Å². The van der Waals surface area contributed by atoms with Gasteiger partial charge < -0.3 is 19.9 Å². The Morgan fingerprint density at radius 3 is 2.57 bits per heavy atom. The third-order valence-corrected chi connectivity index (χ3v) is 6.58. The lowest BCUT2D eigenvalue weighted by Gasteiger charge is -2.23. The molecule has 3 heterocycles. The molecule has 186 valence electrons. The minimum Gasteiger partial charge on any atom is -0.378 e. The molecule has 2 atom stereocenters. The molecule has 2 unspecified atom stereocenters. The maximum absolute atomic E-state index is 13.7. The van der Waals surface area contributed by atoms with Gasteiger partial charge in [-0.3, -0.25) is 9.36 Å². The molecular formula is C27H36N6O2. The van der Waals surface area contributed by atoms with Crippen molar-refractivity contribution in [1.29, 1.82) is 0 Å². The third-order valence-electron chi connectivity index (χ3n) is 6.58. The number of aryl methyl sites for hydroxylation is 2. The molecule has 1 aliphatic rings. The molecule has 1 saturated heterocycles. The standard InChI is InChI=1S/C27H36N6O2/c1-7-33-26(21-13-12-20(31(5)6)15-18(21)3)29-19(4)25(27(33)34)30-22-16-32(17-23(22)35-8-2)24-11-9-10-14-28-24/h9-15,22-23,30H,7-8,16-17H2,1-6H3. The van der Waals surface area contributed by atoms with E-state index in [0.717, 1.165) is 22.6 Å². The average Bonchev–Trinajstić information content (AvgIpc) is 3.24. The molecule has 8 heteroatoms. The van der Waals surface area contributed by atoms with E-state index in [1.807, 2.05) is 53.1 Å². The molecule has 0 saturated carbocycles. The van der Waals surface area contributed by atoms with E-state index in [-0.39, 0.29) is 17.7 Å². The second-order valence-corrected chi connectivity index (χ2v) is 9.18. The molecular weight excluding hydrogens is 440 g/mol. The van der Waals surface area contributed by atoms with Gasteiger partial charge in [0.15, 0.2) is 0 Å². The van der Waals surface area contributed by atoms with Crippen LogP contribution >= 0.6 is 0 Å². The Morgan fingerprint density at radius 2 is 1.94 bits per heavy atom. The maximum atomic E-state index is 13.7. The first-order valence-electron chi connectivity index (χ1n) is 12.3. The second-order valence-electron chi connectivity index (χ2n) is 9.18. The van der Waals surface area contributed by atoms with Gasteiger partial charge in [0.2, 0.25) is 0 Å². The van der Waals surface area contributed by atoms with Crippen LogP contribution in [0.4, 0.5) is 17.2 Å². The highest BCUT2D eigenvalue weighted by atomic mass is 16.5. The van der Waals surface area contributed by atoms with E-state index in [1.165, 1.54) is 0 Å². The zero-order valence-corrected chi connectivity index (χ0v) is 21.6. The van der Waals surface area contributed by atoms with Crippen LogP contribution in [0.2, 0.25) is 0 Å². The smallest absolute Gasteiger partial charge is 0.277 e. The Labute approximate surface area is 207 Å². The van der Waals surface area contributed by atoms with E-state index in [1.54, 1.807) is 10.8 Å². The lowest BCUT2D eigenvalue weighted by atomic mass is 10.1. The van der Waals surface area contributed by atoms with Crippen molar-refractivity contribution in [3.63, 3.8) is 0 Å². The Hall–Kier alpha value is -3.39. The van der Waals surface area contributed by atoms with E-state index < -0.39 is 0 Å². The van der Waals surface area contributed by atoms with Crippen LogP contribution in [-0.4, -0.2) is 60.5 Å². The average molecular weight is 477 g/mol. The van der Waals surface area contributed by atoms with Crippen molar-refractivity contribution >= 4 is 17.2 Å². The number of benzene rings is 1. The quantitative estimate of drug-likeness (QED) is 0.531. The normalized spacial score (nSPS) is 17.6. The molecule has 35 heavy (non-hydrogen) atoms. The maximum Gasteiger partial charge on any atom is 0.277 e. The highest BCUT2D eigenvalue weighted by Gasteiger charge is 2.35. The number of ether oxygens (including phenoxy) is 1. The van der Waals surface area contributed by atoms with Crippen molar-refractivity contribution < 1.29 is 4.74 Å². The van der Waals surface area contributed by atoms with Gasteiger partial charge in [0.05, 0.1) is 17.8 Å². The molecule has 3 aromatic rings. The van der Waals surface area contributed by atoms with Gasteiger partial charge in [-0.15, -0.1) is 0 Å². The van der Waals surface area contributed by atoms with E-state index >= 15 is 0 Å². The van der Waals surface area contributed by atoms with Crippen LogP contribution in [0.25, 0.3) is 11.4 Å². The van der Waals surface area contributed by atoms with Crippen LogP contribution in [0.15, 0.2) is 47.4 Å². The fraction of sp³-hybridized carbons (Fsp3) is 0.444. The second kappa shape index (κ2) is 10.5. The molecule has 1 aromatic carbocycles. The molecule has 8 nitrogen and oxygen atoms in total. The highest BCUT2D eigenvalue weighted by Crippen LogP contribution is 2.28. The number of nitrogens with one attached hydrogen (secondary N) is 1. The minimum atomic E-state index is -0.0589. The predicted molar refractivity (Wildman–Crippen MR) is 143 cm³/mol. The molecule has 0 bridgehead atoms. The number of pyridine rings is 1. The topological polar surface area (TPSA) is 75.5 Å². The van der Waals surface area contributed by atoms with Gasteiger partial charge in [0, 0.05) is 57.8 Å². The van der Waals surface area contributed by atoms with Gasteiger partial charge in [-0.2, -0.15) is 0 Å². The van der Waals surface area contributed by atoms with Gasteiger partial charge >= 0.3 is 0 Å². The SMILES string of the molecule is CCOC1CN(c2ccccn2)CC1Nc1c(C)nc(-c2ccc(N(C)C)cc2C)n(CC)c1=O. The van der Waals surface area contributed by atoms with Gasteiger partial charge in [-0.05, 0) is 63.6 Å². The van der Waals surface area contributed by atoms with Crippen molar-refractivity contribution in [3.05, 3.63) is 64.2 Å². The summed E-state index contributed by atoms with van der Waals surface area (Å²) >= 11 is 0. The van der Waals surface area contributed by atoms with Crippen molar-refractivity contribution in [3.8, 4) is 11.4 Å². The number of rotatable bonds is 8. The highest BCUT2D eigenvalue weighted by molar-refractivity contribution is 5.67. The Kier molecular flexibility index (Phi) is 7.40. The van der Waals surface area contributed by atoms with Crippen LogP contribution in [0.1, 0.15) is 25.1 Å². The molecule has 1 fully saturated rings. The number of anilines is 3. The summed E-state index contributed by atoms with van der Waals surface area (Å²) in [5, 5.41) is 3.51. The summed E-state index contributed by atoms with van der Waals surface area (Å²) in [5.41, 5.74) is 4.35. The zero-order valence-electron chi connectivity index (χ0n) is 21.6. The molecule has 0 aliphatic carbocycles. The van der Waals surface area contributed by atoms with Gasteiger partial charge in [0.25, 0.3) is 5.56 Å². The number of nitrogens with zero attached hydrogens (tertiary/aromatic N) is 5. The molecule has 4 rings (SSSR count). The fourth-order valence-corrected chi connectivity index (χ4v) is 4.71. The van der Waals surface area contributed by atoms with E-state index in [0.29, 0.717) is 43.4 Å². The van der Waals surface area contributed by atoms with Crippen LogP contribution in [0, 0.1) is 13.8 Å². The Balaban J connectivity index is 1.68. The first-order valence-corrected chi connectivity index (χ1v) is 12.3. The molecule has 1 N–H and O–H groups in total. The predicted octanol–water partition coefficient (Wildman–Crippen LogP) is 3.71. The van der Waals surface area contributed by atoms with Crippen molar-refractivity contribution in [2.24, 2.45) is 0 Å². The third kappa shape index (κ3) is 5.03. The monoisotopic (exact) mass is 476 g/mol. The summed E-state index contributed by atoms with van der Waals surface area (Å²) in [4.78, 5) is 27.4. The van der Waals surface area contributed by atoms with Crippen molar-refractivity contribution in [1.82, 2.24) is 14.5 Å². The summed E-state index contributed by atoms with van der Waals surface area (Å²) in [6, 6.07) is 12.1. The van der Waals surface area contributed by atoms with E-state index in [9.17, 15) is 4.79 Å². The Morgan fingerprint density at radius 1 is 1.14 bits per heavy atom. The number of aromatic nitrogens is 3. The Bertz CT molecular complexity index is 1220. The first kappa shape index (κ1) is 24.7. The lowest BCUT2D eigenvalue weighted by molar-refractivity contribution is 0.0720. The molecule has 1 aliphatic heterocycles. The minimum absolute atomic E-state index is 0.0533. The molecule has 0 radical (unpaired) electrons. The first-order chi connectivity index (χ1) is 16.8. The summed E-state index contributed by atoms with van der Waals surface area (Å²) < 4.78 is 7.81. The van der Waals surface area contributed by atoms with Crippen molar-refractivity contribution in [2.75, 3.05) is 48.9 Å². The van der Waals surface area contributed by atoms with E-state index in [4.69, 9.17) is 9.72 Å². The summed E-state index contributed by atoms with van der Waals surface area (Å²) in [7, 11) is 4.04. The zero-order chi connectivity index (χ0) is 25.1. The van der Waals surface area contributed by atoms with Crippen LogP contribution in [0.5, 0.6) is 0 Å². The summed E-state index contributed by atoms with van der Waals surface area (Å²) in [6.07, 6.45) is 1.74. The lowest BCUT2D eigenvalue weighted by Crippen LogP contribution is -2.38. The largest absolute Gasteiger partial charge is 0.378 e. The van der Waals surface area contributed by atoms with Crippen LogP contribution in [0.3, 0.4) is 0 Å². The summed E-state index contributed by atoms with van der Waals surface area (Å²) in [6.45, 7) is 10.5. The molecule has 2 aromatic heterocycles. The van der Waals surface area contributed by atoms with E-state index in [2.05, 4.69) is 45.2 Å². The van der Waals surface area contributed by atoms with Crippen LogP contribution < -0.4 is 20.7 Å². The number of hydrogen-bond donors (Lipinski definition) is 1. The molecule has 0 amide bonds. The van der Waals surface area contributed by atoms with Crippen molar-refractivity contribution in [2.45, 2.75) is 46.4 Å². The fourth-order valence-electron chi connectivity index (χ4n) is 4.71.